The van der Waals surface area contributed by atoms with Crippen LogP contribution in [0.1, 0.15) is 13.3 Å². The minimum Gasteiger partial charge on any atom is -0.457 e. The van der Waals surface area contributed by atoms with E-state index >= 15 is 0 Å². The Morgan fingerprint density at radius 1 is 1.45 bits per heavy atom. The van der Waals surface area contributed by atoms with Gasteiger partial charge < -0.3 is 4.74 Å². The monoisotopic (exact) mass is 148 g/mol. The van der Waals surface area contributed by atoms with Crippen LogP contribution >= 0.6 is 0 Å². The summed E-state index contributed by atoms with van der Waals surface area (Å²) < 4.78 is 5.01. The van der Waals surface area contributed by atoms with E-state index in [-0.39, 0.29) is 0 Å². The van der Waals surface area contributed by atoms with Crippen LogP contribution in [0.4, 0.5) is 0 Å². The molecule has 1 aromatic carbocycles. The first kappa shape index (κ1) is 7.86. The van der Waals surface area contributed by atoms with Crippen LogP contribution in [0.15, 0.2) is 36.9 Å². The fourth-order valence-corrected chi connectivity index (χ4v) is 0.679. The zero-order chi connectivity index (χ0) is 8.10. The van der Waals surface area contributed by atoms with Crippen LogP contribution in [0.5, 0.6) is 11.5 Å². The number of allylic oxidation sites excluding steroid dienone is 1. The summed E-state index contributed by atoms with van der Waals surface area (Å²) in [6, 6.07) is 7.86. The van der Waals surface area contributed by atoms with Crippen molar-refractivity contribution in [1.82, 2.24) is 0 Å². The molecule has 1 aromatic rings. The molecule has 0 saturated carbocycles. The molecule has 0 saturated heterocycles. The van der Waals surface area contributed by atoms with E-state index in [0.717, 1.165) is 17.9 Å². The van der Waals surface area contributed by atoms with Gasteiger partial charge in [0.1, 0.15) is 11.5 Å². The molecular weight excluding hydrogens is 136 g/mol. The number of fused-ring (bicyclic) bond motifs is 2. The molecule has 1 heteroatoms. The third kappa shape index (κ3) is 2.11. The van der Waals surface area contributed by atoms with Crippen molar-refractivity contribution < 1.29 is 4.74 Å². The molecule has 2 aliphatic rings. The summed E-state index contributed by atoms with van der Waals surface area (Å²) in [5.74, 6) is 1.97. The number of hydrogen-bond donors (Lipinski definition) is 0. The molecule has 0 amide bonds. The van der Waals surface area contributed by atoms with Gasteiger partial charge in [-0.25, -0.2) is 0 Å². The van der Waals surface area contributed by atoms with Crippen LogP contribution in [0, 0.1) is 0 Å². The standard InChI is InChI=1S/C6H4O.C4H8/c1-2-5-4-6(3-1)7-5;1-3-4-2/h1-4H;3H,1,4H2,2H3. The van der Waals surface area contributed by atoms with Gasteiger partial charge in [-0.05, 0) is 18.6 Å². The van der Waals surface area contributed by atoms with Gasteiger partial charge in [-0.3, -0.25) is 0 Å². The maximum atomic E-state index is 5.01. The average Bonchev–Trinajstić information content (AvgIpc) is 2.05. The fraction of sp³-hybridized carbons (Fsp3) is 0.200. The first-order valence-corrected chi connectivity index (χ1v) is 3.75. The summed E-state index contributed by atoms with van der Waals surface area (Å²) >= 11 is 0. The molecular formula is C10H12O. The molecule has 58 valence electrons. The molecule has 0 N–H and O–H groups in total. The van der Waals surface area contributed by atoms with Gasteiger partial charge in [0.2, 0.25) is 0 Å². The predicted octanol–water partition coefficient (Wildman–Crippen LogP) is 3.37. The summed E-state index contributed by atoms with van der Waals surface area (Å²) in [6.45, 7) is 5.54. The smallest absolute Gasteiger partial charge is 0.131 e. The normalized spacial score (nSPS) is 9.91. The van der Waals surface area contributed by atoms with Gasteiger partial charge >= 0.3 is 0 Å². The Morgan fingerprint density at radius 3 is 2.00 bits per heavy atom. The maximum Gasteiger partial charge on any atom is 0.131 e. The predicted molar refractivity (Wildman–Crippen MR) is 47.0 cm³/mol. The number of ether oxygens (including phenoxy) is 1. The fourth-order valence-electron chi connectivity index (χ4n) is 0.679. The lowest BCUT2D eigenvalue weighted by atomic mass is 10.2. The Labute approximate surface area is 67.3 Å². The minimum absolute atomic E-state index is 0.984. The van der Waals surface area contributed by atoms with Crippen LogP contribution < -0.4 is 4.74 Å². The molecule has 2 bridgehead atoms. The van der Waals surface area contributed by atoms with Gasteiger partial charge in [-0.1, -0.05) is 19.1 Å². The van der Waals surface area contributed by atoms with Gasteiger partial charge in [-0.2, -0.15) is 0 Å². The number of benzene rings is 1. The first-order valence-electron chi connectivity index (χ1n) is 3.75. The Hall–Kier alpha value is -1.24. The molecule has 0 radical (unpaired) electrons. The van der Waals surface area contributed by atoms with Gasteiger partial charge in [0, 0.05) is 6.07 Å². The maximum absolute atomic E-state index is 5.01. The molecule has 0 unspecified atom stereocenters. The van der Waals surface area contributed by atoms with Crippen LogP contribution in [0.2, 0.25) is 0 Å². The van der Waals surface area contributed by atoms with Crippen molar-refractivity contribution in [3.63, 3.8) is 0 Å². The van der Waals surface area contributed by atoms with E-state index in [0.29, 0.717) is 0 Å². The number of rotatable bonds is 1. The molecule has 0 aromatic heterocycles. The Kier molecular flexibility index (Phi) is 2.73. The quantitative estimate of drug-likeness (QED) is 0.563. The van der Waals surface area contributed by atoms with Crippen molar-refractivity contribution in [2.45, 2.75) is 13.3 Å². The van der Waals surface area contributed by atoms with E-state index in [4.69, 9.17) is 4.74 Å². The van der Waals surface area contributed by atoms with Crippen molar-refractivity contribution in [3.05, 3.63) is 36.9 Å². The summed E-state index contributed by atoms with van der Waals surface area (Å²) in [6.07, 6.45) is 2.96. The van der Waals surface area contributed by atoms with E-state index in [2.05, 4.69) is 13.5 Å². The summed E-state index contributed by atoms with van der Waals surface area (Å²) in [5.41, 5.74) is 0. The average molecular weight is 148 g/mol. The summed E-state index contributed by atoms with van der Waals surface area (Å²) in [5, 5.41) is 0. The van der Waals surface area contributed by atoms with Crippen molar-refractivity contribution in [3.8, 4) is 11.5 Å². The van der Waals surface area contributed by atoms with Gasteiger partial charge in [-0.15, -0.1) is 6.58 Å². The lowest BCUT2D eigenvalue weighted by Gasteiger charge is -2.13. The highest BCUT2D eigenvalue weighted by molar-refractivity contribution is 5.43. The molecule has 1 nitrogen and oxygen atoms in total. The lowest BCUT2D eigenvalue weighted by molar-refractivity contribution is 0.438. The summed E-state index contributed by atoms with van der Waals surface area (Å²) in [7, 11) is 0. The van der Waals surface area contributed by atoms with Crippen molar-refractivity contribution in [2.75, 3.05) is 0 Å². The molecule has 2 aliphatic heterocycles. The Balaban J connectivity index is 0.000000134. The van der Waals surface area contributed by atoms with Crippen molar-refractivity contribution in [2.24, 2.45) is 0 Å². The SMILES string of the molecule is C=CCC.c1cc2cc(c1)O2. The highest BCUT2D eigenvalue weighted by Crippen LogP contribution is 2.32. The van der Waals surface area contributed by atoms with E-state index in [1.807, 2.05) is 30.3 Å². The molecule has 0 atom stereocenters. The zero-order valence-electron chi connectivity index (χ0n) is 6.71. The van der Waals surface area contributed by atoms with Gasteiger partial charge in [0.25, 0.3) is 0 Å². The molecule has 0 spiro atoms. The number of hydrogen-bond acceptors (Lipinski definition) is 1. The molecule has 11 heavy (non-hydrogen) atoms. The Bertz CT molecular complexity index is 216. The van der Waals surface area contributed by atoms with E-state index in [1.54, 1.807) is 0 Å². The first-order chi connectivity index (χ1) is 5.36. The second kappa shape index (κ2) is 3.81. The Morgan fingerprint density at radius 2 is 1.91 bits per heavy atom. The third-order valence-electron chi connectivity index (χ3n) is 1.33. The van der Waals surface area contributed by atoms with Gasteiger partial charge in [0.05, 0.1) is 0 Å². The topological polar surface area (TPSA) is 9.23 Å². The van der Waals surface area contributed by atoms with E-state index in [9.17, 15) is 0 Å². The van der Waals surface area contributed by atoms with Crippen LogP contribution in [-0.4, -0.2) is 0 Å². The highest BCUT2D eigenvalue weighted by Gasteiger charge is 2.05. The van der Waals surface area contributed by atoms with Crippen LogP contribution in [0.25, 0.3) is 0 Å². The second-order valence-electron chi connectivity index (χ2n) is 2.27. The molecule has 3 rings (SSSR count). The highest BCUT2D eigenvalue weighted by atomic mass is 16.5. The van der Waals surface area contributed by atoms with Crippen molar-refractivity contribution in [1.29, 1.82) is 0 Å². The minimum atomic E-state index is 0.984. The lowest BCUT2D eigenvalue weighted by Crippen LogP contribution is -1.91. The summed E-state index contributed by atoms with van der Waals surface area (Å²) in [4.78, 5) is 0. The second-order valence-corrected chi connectivity index (χ2v) is 2.27. The van der Waals surface area contributed by atoms with Crippen LogP contribution in [0.3, 0.4) is 0 Å². The molecule has 0 aliphatic carbocycles. The van der Waals surface area contributed by atoms with E-state index < -0.39 is 0 Å². The van der Waals surface area contributed by atoms with Gasteiger partial charge in [0.15, 0.2) is 0 Å². The zero-order valence-corrected chi connectivity index (χ0v) is 6.71. The molecule has 0 fully saturated rings. The molecule has 2 heterocycles. The third-order valence-corrected chi connectivity index (χ3v) is 1.33. The largest absolute Gasteiger partial charge is 0.457 e. The van der Waals surface area contributed by atoms with Crippen molar-refractivity contribution >= 4 is 0 Å². The van der Waals surface area contributed by atoms with Crippen LogP contribution in [-0.2, 0) is 0 Å². The van der Waals surface area contributed by atoms with E-state index in [1.165, 1.54) is 0 Å².